The van der Waals surface area contributed by atoms with Gasteiger partial charge in [-0.05, 0) is 34.2 Å². The van der Waals surface area contributed by atoms with Crippen LogP contribution in [-0.4, -0.2) is 0 Å². The van der Waals surface area contributed by atoms with Crippen LogP contribution in [0.25, 0.3) is 10.4 Å². The average Bonchev–Trinajstić information content (AvgIpc) is 2.15. The molecule has 0 saturated heterocycles. The summed E-state index contributed by atoms with van der Waals surface area (Å²) >= 11 is 7.31. The Morgan fingerprint density at radius 2 is 2.36 bits per heavy atom. The fourth-order valence-electron chi connectivity index (χ4n) is 0.830. The lowest BCUT2D eigenvalue weighted by Crippen LogP contribution is -1.88. The van der Waals surface area contributed by atoms with Gasteiger partial charge in [-0.1, -0.05) is 16.7 Å². The van der Waals surface area contributed by atoms with Gasteiger partial charge in [-0.25, -0.2) is 4.39 Å². The average molecular weight is 322 g/mol. The summed E-state index contributed by atoms with van der Waals surface area (Å²) in [4.78, 5) is 2.51. The van der Waals surface area contributed by atoms with E-state index in [2.05, 4.69) is 10.0 Å². The first-order valence-corrected chi connectivity index (χ1v) is 4.70. The second-order valence-corrected chi connectivity index (χ2v) is 3.75. The molecule has 1 rings (SSSR count). The number of azide groups is 1. The lowest BCUT2D eigenvalue weighted by atomic mass is 10.2. The first kappa shape index (κ1) is 11.0. The van der Waals surface area contributed by atoms with E-state index in [0.29, 0.717) is 3.57 Å². The summed E-state index contributed by atoms with van der Waals surface area (Å²) in [5.41, 5.74) is 7.85. The number of rotatable bonds is 1. The second kappa shape index (κ2) is 4.46. The maximum absolute atomic E-state index is 13.2. The molecule has 0 bridgehead atoms. The molecule has 4 nitrogen and oxygen atoms in total. The van der Waals surface area contributed by atoms with Crippen LogP contribution in [0.3, 0.4) is 0 Å². The molecule has 1 aromatic carbocycles. The molecule has 0 aromatic heterocycles. The Balaban J connectivity index is 3.65. The molecule has 0 N–H and O–H groups in total. The minimum atomic E-state index is -0.864. The third-order valence-corrected chi connectivity index (χ3v) is 2.50. The number of benzene rings is 1. The molecule has 0 amide bonds. The van der Waals surface area contributed by atoms with Crippen LogP contribution < -0.4 is 0 Å². The van der Waals surface area contributed by atoms with Crippen molar-refractivity contribution in [2.24, 2.45) is 5.11 Å². The van der Waals surface area contributed by atoms with Crippen molar-refractivity contribution in [3.63, 3.8) is 0 Å². The van der Waals surface area contributed by atoms with Gasteiger partial charge >= 0.3 is 0 Å². The third kappa shape index (κ3) is 1.90. The zero-order chi connectivity index (χ0) is 10.7. The Hall–Kier alpha value is -1.03. The van der Waals surface area contributed by atoms with Crippen LogP contribution >= 0.6 is 34.2 Å². The van der Waals surface area contributed by atoms with Crippen molar-refractivity contribution in [2.75, 3.05) is 0 Å². The number of hydrogen-bond acceptors (Lipinski definition) is 2. The molecule has 0 heterocycles. The summed E-state index contributed by atoms with van der Waals surface area (Å²) in [6.07, 6.45) is 0. The van der Waals surface area contributed by atoms with Crippen LogP contribution in [-0.2, 0) is 0 Å². The van der Waals surface area contributed by atoms with Crippen LogP contribution in [0.2, 0.25) is 5.02 Å². The van der Waals surface area contributed by atoms with Gasteiger partial charge in [-0.2, -0.15) is 5.26 Å². The molecular weight excluding hydrogens is 321 g/mol. The molecule has 0 fully saturated rings. The lowest BCUT2D eigenvalue weighted by molar-refractivity contribution is 0.624. The van der Waals surface area contributed by atoms with E-state index in [-0.39, 0.29) is 16.3 Å². The molecule has 14 heavy (non-hydrogen) atoms. The Kier molecular flexibility index (Phi) is 3.52. The molecule has 1 aromatic rings. The zero-order valence-corrected chi connectivity index (χ0v) is 9.41. The van der Waals surface area contributed by atoms with E-state index < -0.39 is 5.82 Å². The Morgan fingerprint density at radius 1 is 1.71 bits per heavy atom. The normalized spacial score (nSPS) is 9.00. The van der Waals surface area contributed by atoms with Crippen molar-refractivity contribution in [3.8, 4) is 6.07 Å². The molecule has 0 radical (unpaired) electrons. The predicted molar refractivity (Wildman–Crippen MR) is 57.6 cm³/mol. The summed E-state index contributed by atoms with van der Waals surface area (Å²) in [5, 5.41) is 11.7. The predicted octanol–water partition coefficient (Wildman–Crippen LogP) is 3.90. The van der Waals surface area contributed by atoms with Gasteiger partial charge in [0.2, 0.25) is 0 Å². The van der Waals surface area contributed by atoms with E-state index in [1.165, 1.54) is 6.07 Å². The number of halogens is 3. The summed E-state index contributed by atoms with van der Waals surface area (Å²) in [5.74, 6) is -0.864. The van der Waals surface area contributed by atoms with Crippen molar-refractivity contribution in [2.45, 2.75) is 0 Å². The molecule has 0 aliphatic rings. The summed E-state index contributed by atoms with van der Waals surface area (Å²) in [7, 11) is 0. The monoisotopic (exact) mass is 322 g/mol. The maximum atomic E-state index is 13.2. The van der Waals surface area contributed by atoms with Gasteiger partial charge < -0.3 is 0 Å². The highest BCUT2D eigenvalue weighted by Gasteiger charge is 2.14. The van der Waals surface area contributed by atoms with Gasteiger partial charge in [-0.3, -0.25) is 0 Å². The van der Waals surface area contributed by atoms with Crippen molar-refractivity contribution >= 4 is 39.9 Å². The van der Waals surface area contributed by atoms with Gasteiger partial charge in [0.15, 0.2) is 5.82 Å². The van der Waals surface area contributed by atoms with Crippen molar-refractivity contribution in [3.05, 3.63) is 36.5 Å². The standard InChI is InChI=1S/C7HClFIN4/c8-4-1-5(10)7(13-14-12)3(2-11)6(4)9/h1H. The second-order valence-electron chi connectivity index (χ2n) is 2.18. The molecule has 0 aliphatic carbocycles. The minimum absolute atomic E-state index is 0.0301. The van der Waals surface area contributed by atoms with E-state index in [1.807, 2.05) is 22.6 Å². The van der Waals surface area contributed by atoms with Crippen LogP contribution in [0.5, 0.6) is 0 Å². The molecule has 0 unspecified atom stereocenters. The molecular formula is C7HClFIN4. The molecule has 0 saturated carbocycles. The van der Waals surface area contributed by atoms with E-state index in [9.17, 15) is 4.39 Å². The maximum Gasteiger partial charge on any atom is 0.160 e. The molecule has 0 spiro atoms. The van der Waals surface area contributed by atoms with Crippen LogP contribution in [0.4, 0.5) is 10.1 Å². The van der Waals surface area contributed by atoms with Crippen LogP contribution in [0, 0.1) is 20.7 Å². The van der Waals surface area contributed by atoms with Crippen molar-refractivity contribution < 1.29 is 4.39 Å². The first-order valence-electron chi connectivity index (χ1n) is 3.24. The van der Waals surface area contributed by atoms with Crippen LogP contribution in [0.1, 0.15) is 5.56 Å². The largest absolute Gasteiger partial charge is 0.204 e. The van der Waals surface area contributed by atoms with E-state index in [1.54, 1.807) is 6.07 Å². The molecule has 0 atom stereocenters. The molecule has 0 aliphatic heterocycles. The number of hydrogen-bond donors (Lipinski definition) is 0. The SMILES string of the molecule is N#Cc1c(F)c(Cl)cc(I)c1N=[N+]=[N-]. The highest BCUT2D eigenvalue weighted by molar-refractivity contribution is 14.1. The Bertz CT molecular complexity index is 476. The van der Waals surface area contributed by atoms with Gasteiger partial charge in [-0.15, -0.1) is 0 Å². The summed E-state index contributed by atoms with van der Waals surface area (Å²) in [6.45, 7) is 0. The van der Waals surface area contributed by atoms with Gasteiger partial charge in [0, 0.05) is 8.48 Å². The van der Waals surface area contributed by atoms with Crippen molar-refractivity contribution in [1.29, 1.82) is 5.26 Å². The minimum Gasteiger partial charge on any atom is -0.204 e. The Labute approximate surface area is 97.1 Å². The topological polar surface area (TPSA) is 72.5 Å². The highest BCUT2D eigenvalue weighted by Crippen LogP contribution is 2.32. The molecule has 7 heteroatoms. The summed E-state index contributed by atoms with van der Waals surface area (Å²) < 4.78 is 13.7. The number of nitrogens with zero attached hydrogens (tertiary/aromatic N) is 4. The van der Waals surface area contributed by atoms with Gasteiger partial charge in [0.1, 0.15) is 6.07 Å². The molecule has 70 valence electrons. The quantitative estimate of drug-likeness (QED) is 0.254. The highest BCUT2D eigenvalue weighted by atomic mass is 127. The first-order chi connectivity index (χ1) is 6.61. The smallest absolute Gasteiger partial charge is 0.160 e. The van der Waals surface area contributed by atoms with E-state index in [0.717, 1.165) is 0 Å². The number of nitriles is 1. The Morgan fingerprint density at radius 3 is 2.86 bits per heavy atom. The van der Waals surface area contributed by atoms with Gasteiger partial charge in [0.25, 0.3) is 0 Å². The fraction of sp³-hybridized carbons (Fsp3) is 0. The van der Waals surface area contributed by atoms with Crippen LogP contribution in [0.15, 0.2) is 11.2 Å². The summed E-state index contributed by atoms with van der Waals surface area (Å²) in [6, 6.07) is 2.90. The van der Waals surface area contributed by atoms with Crippen molar-refractivity contribution in [1.82, 2.24) is 0 Å². The third-order valence-electron chi connectivity index (χ3n) is 1.40. The van der Waals surface area contributed by atoms with E-state index >= 15 is 0 Å². The zero-order valence-electron chi connectivity index (χ0n) is 6.50. The van der Waals surface area contributed by atoms with E-state index in [4.69, 9.17) is 22.4 Å². The van der Waals surface area contributed by atoms with Gasteiger partial charge in [0.05, 0.1) is 16.3 Å². The lowest BCUT2D eigenvalue weighted by Gasteiger charge is -2.02. The fourth-order valence-corrected chi connectivity index (χ4v) is 1.91.